The van der Waals surface area contributed by atoms with Crippen molar-refractivity contribution < 1.29 is 4.79 Å². The Hall–Kier alpha value is -1.59. The van der Waals surface area contributed by atoms with Crippen molar-refractivity contribution in [1.82, 2.24) is 4.98 Å². The average Bonchev–Trinajstić information content (AvgIpc) is 2.74. The zero-order valence-electron chi connectivity index (χ0n) is 9.74. The summed E-state index contributed by atoms with van der Waals surface area (Å²) in [5, 5.41) is 6.52. The fraction of sp³-hybridized carbons (Fsp3) is 0.167. The van der Waals surface area contributed by atoms with Crippen LogP contribution < -0.4 is 11.1 Å². The number of rotatable bonds is 4. The van der Waals surface area contributed by atoms with Gasteiger partial charge in [-0.2, -0.15) is 0 Å². The Morgan fingerprint density at radius 1 is 1.56 bits per heavy atom. The van der Waals surface area contributed by atoms with Gasteiger partial charge in [-0.15, -0.1) is 11.3 Å². The number of aromatic nitrogens is 1. The second-order valence-electron chi connectivity index (χ2n) is 3.80. The van der Waals surface area contributed by atoms with Crippen LogP contribution in [-0.2, 0) is 6.54 Å². The molecule has 2 aromatic rings. The van der Waals surface area contributed by atoms with Gasteiger partial charge in [-0.05, 0) is 25.1 Å². The Morgan fingerprint density at radius 2 is 2.33 bits per heavy atom. The number of carbonyl (C=O) groups excluding carboxylic acids is 1. The van der Waals surface area contributed by atoms with Crippen molar-refractivity contribution in [2.45, 2.75) is 13.5 Å². The van der Waals surface area contributed by atoms with E-state index in [0.29, 0.717) is 17.1 Å². The van der Waals surface area contributed by atoms with E-state index in [4.69, 9.17) is 17.3 Å². The molecule has 1 aromatic heterocycles. The van der Waals surface area contributed by atoms with E-state index in [-0.39, 0.29) is 0 Å². The average molecular weight is 282 g/mol. The van der Waals surface area contributed by atoms with Gasteiger partial charge < -0.3 is 11.1 Å². The van der Waals surface area contributed by atoms with Crippen LogP contribution in [0.3, 0.4) is 0 Å². The minimum Gasteiger partial charge on any atom is -0.379 e. The third-order valence-electron chi connectivity index (χ3n) is 2.34. The minimum absolute atomic E-state index is 0.317. The molecular formula is C12H12ClN3OS. The van der Waals surface area contributed by atoms with E-state index in [9.17, 15) is 4.79 Å². The van der Waals surface area contributed by atoms with Gasteiger partial charge in [0.1, 0.15) is 5.01 Å². The van der Waals surface area contributed by atoms with Gasteiger partial charge in [0.15, 0.2) is 0 Å². The molecule has 0 bridgehead atoms. The van der Waals surface area contributed by atoms with Gasteiger partial charge in [0.05, 0.1) is 17.1 Å². The van der Waals surface area contributed by atoms with E-state index >= 15 is 0 Å². The Labute approximate surface area is 114 Å². The van der Waals surface area contributed by atoms with Gasteiger partial charge in [-0.25, -0.2) is 4.98 Å². The van der Waals surface area contributed by atoms with Gasteiger partial charge in [-0.3, -0.25) is 4.79 Å². The van der Waals surface area contributed by atoms with Gasteiger partial charge in [0.2, 0.25) is 5.91 Å². The second-order valence-corrected chi connectivity index (χ2v) is 5.14. The number of halogens is 1. The van der Waals surface area contributed by atoms with Crippen molar-refractivity contribution in [3.05, 3.63) is 44.9 Å². The molecule has 18 heavy (non-hydrogen) atoms. The highest BCUT2D eigenvalue weighted by molar-refractivity contribution is 7.09. The van der Waals surface area contributed by atoms with Crippen LogP contribution >= 0.6 is 22.9 Å². The molecule has 0 aliphatic carbocycles. The molecule has 4 nitrogen and oxygen atoms in total. The SMILES string of the molecule is Cc1csc(CNc2ccc(Cl)c(C(N)=O)c2)n1. The number of primary amides is 1. The number of benzene rings is 1. The summed E-state index contributed by atoms with van der Waals surface area (Å²) in [5.74, 6) is -0.534. The van der Waals surface area contributed by atoms with E-state index < -0.39 is 5.91 Å². The molecule has 94 valence electrons. The molecule has 0 fully saturated rings. The molecule has 0 saturated heterocycles. The molecule has 0 atom stereocenters. The summed E-state index contributed by atoms with van der Waals surface area (Å²) in [6.45, 7) is 2.56. The van der Waals surface area contributed by atoms with Crippen LogP contribution in [-0.4, -0.2) is 10.9 Å². The fourth-order valence-electron chi connectivity index (χ4n) is 1.49. The smallest absolute Gasteiger partial charge is 0.250 e. The summed E-state index contributed by atoms with van der Waals surface area (Å²) < 4.78 is 0. The maximum absolute atomic E-state index is 11.2. The maximum Gasteiger partial charge on any atom is 0.250 e. The van der Waals surface area contributed by atoms with Crippen molar-refractivity contribution in [2.75, 3.05) is 5.32 Å². The highest BCUT2D eigenvalue weighted by atomic mass is 35.5. The van der Waals surface area contributed by atoms with Crippen LogP contribution in [0.15, 0.2) is 23.6 Å². The van der Waals surface area contributed by atoms with Crippen LogP contribution in [0, 0.1) is 6.92 Å². The minimum atomic E-state index is -0.534. The fourth-order valence-corrected chi connectivity index (χ4v) is 2.41. The standard InChI is InChI=1S/C12H12ClN3OS/c1-7-6-18-11(16-7)5-15-8-2-3-10(13)9(4-8)12(14)17/h2-4,6,15H,5H2,1H3,(H2,14,17). The predicted octanol–water partition coefficient (Wildman–Crippen LogP) is 2.82. The Kier molecular flexibility index (Phi) is 3.84. The van der Waals surface area contributed by atoms with E-state index in [1.54, 1.807) is 29.5 Å². The number of thiazole rings is 1. The van der Waals surface area contributed by atoms with Crippen molar-refractivity contribution in [3.63, 3.8) is 0 Å². The summed E-state index contributed by atoms with van der Waals surface area (Å²) in [5.41, 5.74) is 7.35. The molecule has 0 aliphatic heterocycles. The highest BCUT2D eigenvalue weighted by Gasteiger charge is 2.07. The Bertz CT molecular complexity index is 582. The first kappa shape index (κ1) is 12.9. The molecular weight excluding hydrogens is 270 g/mol. The normalized spacial score (nSPS) is 10.3. The molecule has 6 heteroatoms. The molecule has 1 heterocycles. The molecule has 0 aliphatic rings. The van der Waals surface area contributed by atoms with Crippen molar-refractivity contribution in [3.8, 4) is 0 Å². The quantitative estimate of drug-likeness (QED) is 0.905. The summed E-state index contributed by atoms with van der Waals surface area (Å²) in [7, 11) is 0. The molecule has 1 aromatic carbocycles. The Balaban J connectivity index is 2.10. The zero-order valence-corrected chi connectivity index (χ0v) is 11.3. The number of nitrogens with zero attached hydrogens (tertiary/aromatic N) is 1. The van der Waals surface area contributed by atoms with Gasteiger partial charge in [0.25, 0.3) is 0 Å². The van der Waals surface area contributed by atoms with Gasteiger partial charge >= 0.3 is 0 Å². The summed E-state index contributed by atoms with van der Waals surface area (Å²) in [4.78, 5) is 15.5. The van der Waals surface area contributed by atoms with Crippen LogP contribution in [0.25, 0.3) is 0 Å². The van der Waals surface area contributed by atoms with E-state index in [2.05, 4.69) is 10.3 Å². The lowest BCUT2D eigenvalue weighted by molar-refractivity contribution is 0.100. The van der Waals surface area contributed by atoms with Gasteiger partial charge in [-0.1, -0.05) is 11.6 Å². The first-order valence-electron chi connectivity index (χ1n) is 5.30. The summed E-state index contributed by atoms with van der Waals surface area (Å²) in [6.07, 6.45) is 0. The number of hydrogen-bond donors (Lipinski definition) is 2. The lowest BCUT2D eigenvalue weighted by Crippen LogP contribution is -2.12. The first-order chi connectivity index (χ1) is 8.56. The molecule has 0 radical (unpaired) electrons. The number of aryl methyl sites for hydroxylation is 1. The number of amides is 1. The number of anilines is 1. The van der Waals surface area contributed by atoms with Crippen LogP contribution in [0.1, 0.15) is 21.1 Å². The summed E-state index contributed by atoms with van der Waals surface area (Å²) >= 11 is 7.46. The molecule has 3 N–H and O–H groups in total. The first-order valence-corrected chi connectivity index (χ1v) is 6.56. The molecule has 0 spiro atoms. The van der Waals surface area contributed by atoms with Crippen LogP contribution in [0.4, 0.5) is 5.69 Å². The van der Waals surface area contributed by atoms with E-state index in [0.717, 1.165) is 16.4 Å². The number of carbonyl (C=O) groups is 1. The number of nitrogens with one attached hydrogen (secondary N) is 1. The van der Waals surface area contributed by atoms with Crippen molar-refractivity contribution >= 4 is 34.5 Å². The topological polar surface area (TPSA) is 68.0 Å². The third-order valence-corrected chi connectivity index (χ3v) is 3.64. The van der Waals surface area contributed by atoms with E-state index in [1.807, 2.05) is 12.3 Å². The molecule has 2 rings (SSSR count). The highest BCUT2D eigenvalue weighted by Crippen LogP contribution is 2.21. The maximum atomic E-state index is 11.2. The molecule has 0 saturated carbocycles. The Morgan fingerprint density at radius 3 is 2.94 bits per heavy atom. The molecule has 0 unspecified atom stereocenters. The van der Waals surface area contributed by atoms with Gasteiger partial charge in [0, 0.05) is 16.8 Å². The van der Waals surface area contributed by atoms with E-state index in [1.165, 1.54) is 0 Å². The second kappa shape index (κ2) is 5.37. The van der Waals surface area contributed by atoms with Crippen LogP contribution in [0.5, 0.6) is 0 Å². The van der Waals surface area contributed by atoms with Crippen LogP contribution in [0.2, 0.25) is 5.02 Å². The lowest BCUT2D eigenvalue weighted by atomic mass is 10.2. The monoisotopic (exact) mass is 281 g/mol. The largest absolute Gasteiger partial charge is 0.379 e. The third kappa shape index (κ3) is 3.00. The summed E-state index contributed by atoms with van der Waals surface area (Å²) in [6, 6.07) is 5.09. The van der Waals surface area contributed by atoms with Crippen molar-refractivity contribution in [2.24, 2.45) is 5.73 Å². The molecule has 1 amide bonds. The lowest BCUT2D eigenvalue weighted by Gasteiger charge is -2.06. The number of hydrogen-bond acceptors (Lipinski definition) is 4. The van der Waals surface area contributed by atoms with Crippen molar-refractivity contribution in [1.29, 1.82) is 0 Å². The predicted molar refractivity (Wildman–Crippen MR) is 74.1 cm³/mol. The zero-order chi connectivity index (χ0) is 13.1. The number of nitrogens with two attached hydrogens (primary N) is 1.